The smallest absolute Gasteiger partial charge is 0.258 e. The largest absolute Gasteiger partial charge is 0.494 e. The molecule has 0 radical (unpaired) electrons. The zero-order valence-corrected chi connectivity index (χ0v) is 20.6. The van der Waals surface area contributed by atoms with E-state index in [1.54, 1.807) is 17.0 Å². The highest BCUT2D eigenvalue weighted by Gasteiger charge is 2.16. The fourth-order valence-electron chi connectivity index (χ4n) is 3.74. The molecule has 35 heavy (non-hydrogen) atoms. The SMILES string of the molecule is CCCCCCOc1cccc(NC(=O)CNc2cccc(C(=O)N(CC)c3ccccc3)c2)c1. The van der Waals surface area contributed by atoms with Gasteiger partial charge in [-0.15, -0.1) is 0 Å². The number of anilines is 3. The summed E-state index contributed by atoms with van der Waals surface area (Å²) < 4.78 is 5.80. The average Bonchev–Trinajstić information content (AvgIpc) is 2.89. The summed E-state index contributed by atoms with van der Waals surface area (Å²) in [5.74, 6) is 0.483. The Balaban J connectivity index is 1.53. The van der Waals surface area contributed by atoms with Crippen LogP contribution in [-0.4, -0.2) is 31.5 Å². The second kappa shape index (κ2) is 13.8. The summed E-state index contributed by atoms with van der Waals surface area (Å²) in [4.78, 5) is 27.3. The van der Waals surface area contributed by atoms with Gasteiger partial charge in [-0.1, -0.05) is 56.5 Å². The number of rotatable bonds is 13. The third-order valence-corrected chi connectivity index (χ3v) is 5.58. The second-order valence-corrected chi connectivity index (χ2v) is 8.30. The molecule has 2 amide bonds. The summed E-state index contributed by atoms with van der Waals surface area (Å²) in [6.45, 7) is 5.45. The summed E-state index contributed by atoms with van der Waals surface area (Å²) in [7, 11) is 0. The maximum Gasteiger partial charge on any atom is 0.258 e. The number of benzene rings is 3. The number of amides is 2. The second-order valence-electron chi connectivity index (χ2n) is 8.30. The van der Waals surface area contributed by atoms with Crippen LogP contribution >= 0.6 is 0 Å². The lowest BCUT2D eigenvalue weighted by Crippen LogP contribution is -2.30. The molecule has 0 unspecified atom stereocenters. The Morgan fingerprint density at radius 3 is 2.37 bits per heavy atom. The first-order valence-electron chi connectivity index (χ1n) is 12.3. The molecular weight excluding hydrogens is 438 g/mol. The van der Waals surface area contributed by atoms with Crippen LogP contribution in [0, 0.1) is 0 Å². The number of nitrogens with zero attached hydrogens (tertiary/aromatic N) is 1. The van der Waals surface area contributed by atoms with Crippen molar-refractivity contribution in [2.45, 2.75) is 39.5 Å². The summed E-state index contributed by atoms with van der Waals surface area (Å²) >= 11 is 0. The molecule has 3 aromatic rings. The van der Waals surface area contributed by atoms with E-state index in [1.165, 1.54) is 12.8 Å². The lowest BCUT2D eigenvalue weighted by Gasteiger charge is -2.21. The average molecular weight is 474 g/mol. The molecule has 3 aromatic carbocycles. The van der Waals surface area contributed by atoms with E-state index in [2.05, 4.69) is 17.6 Å². The number of carbonyl (C=O) groups excluding carboxylic acids is 2. The summed E-state index contributed by atoms with van der Waals surface area (Å²) in [6.07, 6.45) is 4.60. The van der Waals surface area contributed by atoms with E-state index in [9.17, 15) is 9.59 Å². The summed E-state index contributed by atoms with van der Waals surface area (Å²) in [5, 5.41) is 6.00. The van der Waals surface area contributed by atoms with Crippen LogP contribution < -0.4 is 20.3 Å². The Kier molecular flexibility index (Phi) is 10.2. The zero-order valence-electron chi connectivity index (χ0n) is 20.6. The molecule has 6 heteroatoms. The fraction of sp³-hybridized carbons (Fsp3) is 0.310. The molecule has 0 heterocycles. The van der Waals surface area contributed by atoms with Gasteiger partial charge in [-0.3, -0.25) is 9.59 Å². The van der Waals surface area contributed by atoms with Crippen LogP contribution in [0.5, 0.6) is 5.75 Å². The predicted molar refractivity (Wildman–Crippen MR) is 143 cm³/mol. The molecule has 6 nitrogen and oxygen atoms in total. The van der Waals surface area contributed by atoms with Crippen molar-refractivity contribution < 1.29 is 14.3 Å². The van der Waals surface area contributed by atoms with Gasteiger partial charge in [0.2, 0.25) is 5.91 Å². The molecule has 0 fully saturated rings. The van der Waals surface area contributed by atoms with Crippen LogP contribution in [0.25, 0.3) is 0 Å². The molecule has 3 rings (SSSR count). The maximum atomic E-state index is 13.1. The lowest BCUT2D eigenvalue weighted by molar-refractivity contribution is -0.114. The molecule has 0 aromatic heterocycles. The molecule has 0 saturated carbocycles. The van der Waals surface area contributed by atoms with Crippen LogP contribution in [0.3, 0.4) is 0 Å². The minimum atomic E-state index is -0.179. The quantitative estimate of drug-likeness (QED) is 0.283. The van der Waals surface area contributed by atoms with Crippen molar-refractivity contribution >= 4 is 28.9 Å². The third kappa shape index (κ3) is 8.18. The Morgan fingerprint density at radius 1 is 0.829 bits per heavy atom. The van der Waals surface area contributed by atoms with Gasteiger partial charge in [0.15, 0.2) is 0 Å². The first-order valence-corrected chi connectivity index (χ1v) is 12.3. The molecule has 2 N–H and O–H groups in total. The Hall–Kier alpha value is -3.80. The van der Waals surface area contributed by atoms with Crippen LogP contribution in [0.1, 0.15) is 49.9 Å². The van der Waals surface area contributed by atoms with Gasteiger partial charge in [0.05, 0.1) is 13.2 Å². The zero-order chi connectivity index (χ0) is 24.9. The van der Waals surface area contributed by atoms with Gasteiger partial charge in [-0.25, -0.2) is 0 Å². The summed E-state index contributed by atoms with van der Waals surface area (Å²) in [6, 6.07) is 24.2. The highest BCUT2D eigenvalue weighted by Crippen LogP contribution is 2.20. The van der Waals surface area contributed by atoms with E-state index in [1.807, 2.05) is 73.7 Å². The van der Waals surface area contributed by atoms with Gasteiger partial charge >= 0.3 is 0 Å². The topological polar surface area (TPSA) is 70.7 Å². The number of hydrogen-bond acceptors (Lipinski definition) is 4. The van der Waals surface area contributed by atoms with Crippen LogP contribution in [0.4, 0.5) is 17.1 Å². The number of para-hydroxylation sites is 1. The van der Waals surface area contributed by atoms with Crippen molar-refractivity contribution in [1.82, 2.24) is 0 Å². The normalized spacial score (nSPS) is 10.5. The highest BCUT2D eigenvalue weighted by molar-refractivity contribution is 6.06. The minimum Gasteiger partial charge on any atom is -0.494 e. The van der Waals surface area contributed by atoms with Gasteiger partial charge in [0.25, 0.3) is 5.91 Å². The number of nitrogens with one attached hydrogen (secondary N) is 2. The molecule has 184 valence electrons. The van der Waals surface area contributed by atoms with Crippen molar-refractivity contribution in [3.8, 4) is 5.75 Å². The van der Waals surface area contributed by atoms with Crippen molar-refractivity contribution in [2.75, 3.05) is 35.2 Å². The van der Waals surface area contributed by atoms with Crippen molar-refractivity contribution in [3.05, 3.63) is 84.4 Å². The molecule has 0 aliphatic carbocycles. The Labute approximate surface area is 208 Å². The van der Waals surface area contributed by atoms with Gasteiger partial charge in [0, 0.05) is 35.2 Å². The third-order valence-electron chi connectivity index (χ3n) is 5.58. The first-order chi connectivity index (χ1) is 17.1. The molecule has 0 aliphatic rings. The van der Waals surface area contributed by atoms with Gasteiger partial charge in [-0.2, -0.15) is 0 Å². The summed E-state index contributed by atoms with van der Waals surface area (Å²) in [5.41, 5.74) is 2.81. The van der Waals surface area contributed by atoms with Crippen LogP contribution in [-0.2, 0) is 4.79 Å². The van der Waals surface area contributed by atoms with E-state index < -0.39 is 0 Å². The number of unbranched alkanes of at least 4 members (excludes halogenated alkanes) is 3. The highest BCUT2D eigenvalue weighted by atomic mass is 16.5. The van der Waals surface area contributed by atoms with Gasteiger partial charge < -0.3 is 20.3 Å². The van der Waals surface area contributed by atoms with E-state index in [0.717, 1.165) is 24.3 Å². The molecule has 0 bridgehead atoms. The molecule has 0 aliphatic heterocycles. The van der Waals surface area contributed by atoms with E-state index >= 15 is 0 Å². The Bertz CT molecular complexity index is 1090. The number of hydrogen-bond donors (Lipinski definition) is 2. The van der Waals surface area contributed by atoms with E-state index in [0.29, 0.717) is 30.1 Å². The molecule has 0 atom stereocenters. The van der Waals surface area contributed by atoms with Crippen LogP contribution in [0.15, 0.2) is 78.9 Å². The maximum absolute atomic E-state index is 13.1. The Morgan fingerprint density at radius 2 is 1.60 bits per heavy atom. The molecule has 0 spiro atoms. The first kappa shape index (κ1) is 25.8. The fourth-order valence-corrected chi connectivity index (χ4v) is 3.74. The van der Waals surface area contributed by atoms with E-state index in [4.69, 9.17) is 4.74 Å². The van der Waals surface area contributed by atoms with E-state index in [-0.39, 0.29) is 18.4 Å². The minimum absolute atomic E-state index is 0.0793. The predicted octanol–water partition coefficient (Wildman–Crippen LogP) is 6.36. The standard InChI is InChI=1S/C29H35N3O3/c1-3-5-6-10-19-35-27-18-12-15-25(21-27)31-28(33)22-30-24-14-11-13-23(20-24)29(34)32(4-2)26-16-8-7-9-17-26/h7-9,11-18,20-21,30H,3-6,10,19,22H2,1-2H3,(H,31,33). The van der Waals surface area contributed by atoms with Gasteiger partial charge in [0.1, 0.15) is 5.75 Å². The number of carbonyl (C=O) groups is 2. The number of ether oxygens (including phenoxy) is 1. The van der Waals surface area contributed by atoms with Crippen molar-refractivity contribution in [2.24, 2.45) is 0 Å². The van der Waals surface area contributed by atoms with Crippen molar-refractivity contribution in [1.29, 1.82) is 0 Å². The monoisotopic (exact) mass is 473 g/mol. The van der Waals surface area contributed by atoms with Gasteiger partial charge in [-0.05, 0) is 55.8 Å². The molecule has 0 saturated heterocycles. The van der Waals surface area contributed by atoms with Crippen LogP contribution in [0.2, 0.25) is 0 Å². The van der Waals surface area contributed by atoms with Crippen molar-refractivity contribution in [3.63, 3.8) is 0 Å². The molecular formula is C29H35N3O3. The lowest BCUT2D eigenvalue weighted by atomic mass is 10.1.